The standard InChI is InChI=1S/C21H24N2O2/c1-14(2)19(22-20(24)17-10-8-15(3)9-11-17)21(25)23-13-12-16-6-4-5-7-18(16)23/h4-11,14,19H,12-13H2,1-3H3,(H,22,24)/t19-/m1/s1. The maximum atomic E-state index is 13.1. The largest absolute Gasteiger partial charge is 0.340 e. The Balaban J connectivity index is 1.78. The number of rotatable bonds is 4. The fraction of sp³-hybridized carbons (Fsp3) is 0.333. The van der Waals surface area contributed by atoms with E-state index in [1.54, 1.807) is 17.0 Å². The van der Waals surface area contributed by atoms with Crippen molar-refractivity contribution < 1.29 is 9.59 Å². The van der Waals surface area contributed by atoms with Crippen LogP contribution < -0.4 is 10.2 Å². The van der Waals surface area contributed by atoms with Crippen LogP contribution >= 0.6 is 0 Å². The molecular weight excluding hydrogens is 312 g/mol. The molecule has 0 saturated carbocycles. The molecule has 0 unspecified atom stereocenters. The summed E-state index contributed by atoms with van der Waals surface area (Å²) in [4.78, 5) is 27.4. The summed E-state index contributed by atoms with van der Waals surface area (Å²) in [7, 11) is 0. The Morgan fingerprint density at radius 3 is 2.40 bits per heavy atom. The molecule has 1 aliphatic rings. The number of hydrogen-bond acceptors (Lipinski definition) is 2. The zero-order chi connectivity index (χ0) is 18.0. The minimum atomic E-state index is -0.542. The van der Waals surface area contributed by atoms with Crippen LogP contribution in [0.4, 0.5) is 5.69 Å². The number of anilines is 1. The van der Waals surface area contributed by atoms with E-state index in [2.05, 4.69) is 11.4 Å². The molecule has 0 bridgehead atoms. The highest BCUT2D eigenvalue weighted by atomic mass is 16.2. The highest BCUT2D eigenvalue weighted by Gasteiger charge is 2.32. The summed E-state index contributed by atoms with van der Waals surface area (Å²) >= 11 is 0. The van der Waals surface area contributed by atoms with Gasteiger partial charge in [0.15, 0.2) is 0 Å². The number of hydrogen-bond donors (Lipinski definition) is 1. The zero-order valence-corrected chi connectivity index (χ0v) is 15.0. The SMILES string of the molecule is Cc1ccc(C(=O)N[C@@H](C(=O)N2CCc3ccccc32)C(C)C)cc1. The molecule has 130 valence electrons. The second-order valence-corrected chi connectivity index (χ2v) is 6.93. The first kappa shape index (κ1) is 17.2. The lowest BCUT2D eigenvalue weighted by molar-refractivity contribution is -0.121. The summed E-state index contributed by atoms with van der Waals surface area (Å²) in [5, 5.41) is 2.93. The second kappa shape index (κ2) is 7.09. The van der Waals surface area contributed by atoms with E-state index in [0.29, 0.717) is 12.1 Å². The molecule has 3 rings (SSSR count). The van der Waals surface area contributed by atoms with Crippen LogP contribution in [0.3, 0.4) is 0 Å². The summed E-state index contributed by atoms with van der Waals surface area (Å²) in [6, 6.07) is 14.8. The normalized spacial score (nSPS) is 14.3. The van der Waals surface area contributed by atoms with Gasteiger partial charge in [-0.3, -0.25) is 9.59 Å². The topological polar surface area (TPSA) is 49.4 Å². The molecule has 25 heavy (non-hydrogen) atoms. The van der Waals surface area contributed by atoms with E-state index in [1.807, 2.05) is 51.1 Å². The maximum Gasteiger partial charge on any atom is 0.251 e. The average Bonchev–Trinajstić information content (AvgIpc) is 3.03. The number of aryl methyl sites for hydroxylation is 1. The van der Waals surface area contributed by atoms with Crippen LogP contribution in [0.1, 0.15) is 35.3 Å². The number of fused-ring (bicyclic) bond motifs is 1. The van der Waals surface area contributed by atoms with Gasteiger partial charge in [0.05, 0.1) is 0 Å². The van der Waals surface area contributed by atoms with Gasteiger partial charge in [-0.05, 0) is 43.0 Å². The van der Waals surface area contributed by atoms with Crippen molar-refractivity contribution in [3.05, 3.63) is 65.2 Å². The maximum absolute atomic E-state index is 13.1. The van der Waals surface area contributed by atoms with E-state index < -0.39 is 6.04 Å². The van der Waals surface area contributed by atoms with Gasteiger partial charge in [-0.15, -0.1) is 0 Å². The molecule has 2 aromatic rings. The van der Waals surface area contributed by atoms with Crippen LogP contribution in [0.15, 0.2) is 48.5 Å². The first-order valence-electron chi connectivity index (χ1n) is 8.74. The van der Waals surface area contributed by atoms with Gasteiger partial charge in [0.1, 0.15) is 6.04 Å². The molecule has 2 aromatic carbocycles. The van der Waals surface area contributed by atoms with Gasteiger partial charge < -0.3 is 10.2 Å². The van der Waals surface area contributed by atoms with Gasteiger partial charge in [0, 0.05) is 17.8 Å². The van der Waals surface area contributed by atoms with E-state index in [9.17, 15) is 9.59 Å². The number of para-hydroxylation sites is 1. The van der Waals surface area contributed by atoms with Crippen LogP contribution in [0.2, 0.25) is 0 Å². The third-order valence-corrected chi connectivity index (χ3v) is 4.69. The molecule has 2 amide bonds. The van der Waals surface area contributed by atoms with Gasteiger partial charge in [0.2, 0.25) is 5.91 Å². The number of nitrogens with one attached hydrogen (secondary N) is 1. The van der Waals surface area contributed by atoms with Crippen molar-refractivity contribution in [2.75, 3.05) is 11.4 Å². The molecule has 0 aromatic heterocycles. The number of amides is 2. The molecule has 1 N–H and O–H groups in total. The molecule has 4 heteroatoms. The molecule has 0 spiro atoms. The summed E-state index contributed by atoms with van der Waals surface area (Å²) in [6.45, 7) is 6.56. The molecule has 0 saturated heterocycles. The lowest BCUT2D eigenvalue weighted by atomic mass is 10.0. The summed E-state index contributed by atoms with van der Waals surface area (Å²) in [5.41, 5.74) is 3.82. The van der Waals surface area contributed by atoms with Crippen molar-refractivity contribution in [3.63, 3.8) is 0 Å². The number of carbonyl (C=O) groups is 2. The van der Waals surface area contributed by atoms with Crippen LogP contribution in [-0.2, 0) is 11.2 Å². The molecule has 1 aliphatic heterocycles. The monoisotopic (exact) mass is 336 g/mol. The average molecular weight is 336 g/mol. The highest BCUT2D eigenvalue weighted by Crippen LogP contribution is 2.28. The summed E-state index contributed by atoms with van der Waals surface area (Å²) in [6.07, 6.45) is 0.860. The number of nitrogens with zero attached hydrogens (tertiary/aromatic N) is 1. The summed E-state index contributed by atoms with van der Waals surface area (Å²) < 4.78 is 0. The van der Waals surface area contributed by atoms with Crippen molar-refractivity contribution >= 4 is 17.5 Å². The number of carbonyl (C=O) groups excluding carboxylic acids is 2. The Morgan fingerprint density at radius 1 is 1.04 bits per heavy atom. The van der Waals surface area contributed by atoms with Crippen molar-refractivity contribution in [2.24, 2.45) is 5.92 Å². The Kier molecular flexibility index (Phi) is 4.88. The van der Waals surface area contributed by atoms with Crippen molar-refractivity contribution in [2.45, 2.75) is 33.2 Å². The minimum absolute atomic E-state index is 0.00895. The predicted octanol–water partition coefficient (Wildman–Crippen LogP) is 3.34. The summed E-state index contributed by atoms with van der Waals surface area (Å²) in [5.74, 6) is -0.241. The van der Waals surface area contributed by atoms with Gasteiger partial charge >= 0.3 is 0 Å². The van der Waals surface area contributed by atoms with Crippen molar-refractivity contribution in [1.29, 1.82) is 0 Å². The fourth-order valence-corrected chi connectivity index (χ4v) is 3.18. The Hall–Kier alpha value is -2.62. The minimum Gasteiger partial charge on any atom is -0.340 e. The van der Waals surface area contributed by atoms with E-state index >= 15 is 0 Å². The lowest BCUT2D eigenvalue weighted by Crippen LogP contribution is -2.51. The lowest BCUT2D eigenvalue weighted by Gasteiger charge is -2.27. The Morgan fingerprint density at radius 2 is 1.72 bits per heavy atom. The molecule has 0 radical (unpaired) electrons. The predicted molar refractivity (Wildman–Crippen MR) is 99.8 cm³/mol. The third-order valence-electron chi connectivity index (χ3n) is 4.69. The molecule has 1 heterocycles. The van der Waals surface area contributed by atoms with E-state index in [-0.39, 0.29) is 17.7 Å². The molecule has 4 nitrogen and oxygen atoms in total. The van der Waals surface area contributed by atoms with E-state index in [0.717, 1.165) is 17.7 Å². The van der Waals surface area contributed by atoms with Gasteiger partial charge in [0.25, 0.3) is 5.91 Å². The van der Waals surface area contributed by atoms with Crippen LogP contribution in [0, 0.1) is 12.8 Å². The van der Waals surface area contributed by atoms with Gasteiger partial charge in [-0.25, -0.2) is 0 Å². The highest BCUT2D eigenvalue weighted by molar-refractivity contribution is 6.03. The smallest absolute Gasteiger partial charge is 0.251 e. The van der Waals surface area contributed by atoms with E-state index in [4.69, 9.17) is 0 Å². The zero-order valence-electron chi connectivity index (χ0n) is 15.0. The number of benzene rings is 2. The molecular formula is C21H24N2O2. The van der Waals surface area contributed by atoms with Gasteiger partial charge in [-0.2, -0.15) is 0 Å². The van der Waals surface area contributed by atoms with Crippen molar-refractivity contribution in [1.82, 2.24) is 5.32 Å². The Labute approximate surface area is 148 Å². The van der Waals surface area contributed by atoms with Gasteiger partial charge in [-0.1, -0.05) is 49.7 Å². The van der Waals surface area contributed by atoms with Crippen LogP contribution in [0.25, 0.3) is 0 Å². The third kappa shape index (κ3) is 3.58. The van der Waals surface area contributed by atoms with Crippen LogP contribution in [-0.4, -0.2) is 24.4 Å². The second-order valence-electron chi connectivity index (χ2n) is 6.93. The first-order chi connectivity index (χ1) is 12.0. The molecule has 1 atom stereocenters. The van der Waals surface area contributed by atoms with Crippen LogP contribution in [0.5, 0.6) is 0 Å². The molecule has 0 fully saturated rings. The van der Waals surface area contributed by atoms with Crippen molar-refractivity contribution in [3.8, 4) is 0 Å². The Bertz CT molecular complexity index is 781. The quantitative estimate of drug-likeness (QED) is 0.931. The fourth-order valence-electron chi connectivity index (χ4n) is 3.18. The van der Waals surface area contributed by atoms with E-state index in [1.165, 1.54) is 5.56 Å². The molecule has 0 aliphatic carbocycles. The first-order valence-corrected chi connectivity index (χ1v) is 8.74.